The Morgan fingerprint density at radius 2 is 2.29 bits per heavy atom. The van der Waals surface area contributed by atoms with Crippen LogP contribution in [0, 0.1) is 11.6 Å². The maximum atomic E-state index is 5.01. The molecule has 0 fully saturated rings. The van der Waals surface area contributed by atoms with Gasteiger partial charge in [-0.2, -0.15) is 0 Å². The molecule has 0 aliphatic heterocycles. The lowest BCUT2D eigenvalue weighted by molar-refractivity contribution is 1.06. The van der Waals surface area contributed by atoms with E-state index in [1.165, 1.54) is 6.33 Å². The fourth-order valence-electron chi connectivity index (χ4n) is 1.13. The molecule has 1 N–H and O–H groups in total. The molecule has 2 heterocycles. The number of aromatic amines is 1. The quantitative estimate of drug-likeness (QED) is 0.721. The van der Waals surface area contributed by atoms with Crippen molar-refractivity contribution in [1.82, 2.24) is 19.9 Å². The van der Waals surface area contributed by atoms with E-state index in [4.69, 9.17) is 12.2 Å². The van der Waals surface area contributed by atoms with Crippen LogP contribution in [0.25, 0.3) is 11.5 Å². The van der Waals surface area contributed by atoms with Crippen LogP contribution in [0.15, 0.2) is 24.7 Å². The first kappa shape index (κ1) is 8.96. The minimum atomic E-state index is 0.565. The van der Waals surface area contributed by atoms with Crippen LogP contribution in [0.5, 0.6) is 0 Å². The highest BCUT2D eigenvalue weighted by Crippen LogP contribution is 2.09. The normalized spacial score (nSPS) is 10.1. The number of aryl methyl sites for hydroxylation is 1. The monoisotopic (exact) mass is 204 g/mol. The lowest BCUT2D eigenvalue weighted by atomic mass is 10.3. The molecule has 14 heavy (non-hydrogen) atoms. The lowest BCUT2D eigenvalue weighted by Crippen LogP contribution is -1.94. The fourth-order valence-corrected chi connectivity index (χ4v) is 1.40. The first-order valence-electron chi connectivity index (χ1n) is 4.10. The SMILES string of the molecule is Cc1cc(=S)nc(-c2ccncn2)[nH]1. The summed E-state index contributed by atoms with van der Waals surface area (Å²) in [6, 6.07) is 3.59. The third kappa shape index (κ3) is 1.82. The van der Waals surface area contributed by atoms with Gasteiger partial charge in [0.25, 0.3) is 0 Å². The summed E-state index contributed by atoms with van der Waals surface area (Å²) in [6.07, 6.45) is 3.15. The number of hydrogen-bond acceptors (Lipinski definition) is 4. The number of hydrogen-bond donors (Lipinski definition) is 1. The predicted molar refractivity (Wildman–Crippen MR) is 55.2 cm³/mol. The van der Waals surface area contributed by atoms with Crippen molar-refractivity contribution < 1.29 is 0 Å². The van der Waals surface area contributed by atoms with Gasteiger partial charge in [0.15, 0.2) is 5.82 Å². The van der Waals surface area contributed by atoms with Gasteiger partial charge < -0.3 is 4.98 Å². The highest BCUT2D eigenvalue weighted by atomic mass is 32.1. The molecule has 5 heteroatoms. The summed E-state index contributed by atoms with van der Waals surface area (Å²) < 4.78 is 0.565. The Hall–Kier alpha value is -1.62. The molecule has 0 spiro atoms. The first-order valence-corrected chi connectivity index (χ1v) is 4.51. The van der Waals surface area contributed by atoms with Gasteiger partial charge >= 0.3 is 0 Å². The first-order chi connectivity index (χ1) is 6.75. The van der Waals surface area contributed by atoms with Gasteiger partial charge in [0, 0.05) is 11.9 Å². The van der Waals surface area contributed by atoms with Gasteiger partial charge in [-0.15, -0.1) is 0 Å². The largest absolute Gasteiger partial charge is 0.342 e. The zero-order chi connectivity index (χ0) is 9.97. The van der Waals surface area contributed by atoms with Crippen molar-refractivity contribution in [3.8, 4) is 11.5 Å². The summed E-state index contributed by atoms with van der Waals surface area (Å²) >= 11 is 5.01. The molecule has 0 bridgehead atoms. The second-order valence-electron chi connectivity index (χ2n) is 2.85. The molecular weight excluding hydrogens is 196 g/mol. The second kappa shape index (κ2) is 3.63. The third-order valence-electron chi connectivity index (χ3n) is 1.70. The Morgan fingerprint density at radius 3 is 2.93 bits per heavy atom. The van der Waals surface area contributed by atoms with E-state index in [1.54, 1.807) is 18.3 Å². The van der Waals surface area contributed by atoms with Gasteiger partial charge in [-0.25, -0.2) is 15.0 Å². The van der Waals surface area contributed by atoms with Crippen LogP contribution in [0.4, 0.5) is 0 Å². The molecule has 0 unspecified atom stereocenters. The van der Waals surface area contributed by atoms with Crippen LogP contribution in [0.3, 0.4) is 0 Å². The van der Waals surface area contributed by atoms with E-state index < -0.39 is 0 Å². The molecule has 0 saturated heterocycles. The Bertz CT molecular complexity index is 492. The molecule has 0 radical (unpaired) electrons. The Morgan fingerprint density at radius 1 is 1.43 bits per heavy atom. The second-order valence-corrected chi connectivity index (χ2v) is 3.26. The summed E-state index contributed by atoms with van der Waals surface area (Å²) in [5.74, 6) is 0.678. The van der Waals surface area contributed by atoms with E-state index in [0.717, 1.165) is 11.4 Å². The number of H-pyrrole nitrogens is 1. The molecule has 4 nitrogen and oxygen atoms in total. The van der Waals surface area contributed by atoms with Crippen molar-refractivity contribution in [3.63, 3.8) is 0 Å². The van der Waals surface area contributed by atoms with E-state index >= 15 is 0 Å². The zero-order valence-electron chi connectivity index (χ0n) is 7.56. The number of aromatic nitrogens is 4. The molecule has 2 aromatic rings. The van der Waals surface area contributed by atoms with Crippen LogP contribution in [-0.2, 0) is 0 Å². The van der Waals surface area contributed by atoms with E-state index in [2.05, 4.69) is 19.9 Å². The molecule has 0 aromatic carbocycles. The van der Waals surface area contributed by atoms with Crippen molar-refractivity contribution in [2.75, 3.05) is 0 Å². The molecule has 0 saturated carbocycles. The standard InChI is InChI=1S/C9H8N4S/c1-6-4-8(14)13-9(12-6)7-2-3-10-5-11-7/h2-5H,1H3,(H,12,13,14). The van der Waals surface area contributed by atoms with E-state index in [-0.39, 0.29) is 0 Å². The Labute approximate surface area is 86.1 Å². The van der Waals surface area contributed by atoms with E-state index in [0.29, 0.717) is 10.5 Å². The van der Waals surface area contributed by atoms with Crippen LogP contribution in [-0.4, -0.2) is 19.9 Å². The van der Waals surface area contributed by atoms with Gasteiger partial charge in [0.2, 0.25) is 0 Å². The van der Waals surface area contributed by atoms with Gasteiger partial charge in [-0.1, -0.05) is 12.2 Å². The topological polar surface area (TPSA) is 54.5 Å². The maximum Gasteiger partial charge on any atom is 0.157 e. The molecule has 2 rings (SSSR count). The van der Waals surface area contributed by atoms with Crippen molar-refractivity contribution in [1.29, 1.82) is 0 Å². The fraction of sp³-hybridized carbons (Fsp3) is 0.111. The van der Waals surface area contributed by atoms with Crippen LogP contribution in [0.2, 0.25) is 0 Å². The Kier molecular flexibility index (Phi) is 2.32. The smallest absolute Gasteiger partial charge is 0.157 e. The van der Waals surface area contributed by atoms with Gasteiger partial charge in [-0.3, -0.25) is 0 Å². The van der Waals surface area contributed by atoms with Crippen molar-refractivity contribution in [2.45, 2.75) is 6.92 Å². The van der Waals surface area contributed by atoms with Crippen molar-refractivity contribution >= 4 is 12.2 Å². The third-order valence-corrected chi connectivity index (χ3v) is 1.91. The zero-order valence-corrected chi connectivity index (χ0v) is 8.38. The number of nitrogens with one attached hydrogen (secondary N) is 1. The average molecular weight is 204 g/mol. The van der Waals surface area contributed by atoms with Crippen LogP contribution >= 0.6 is 12.2 Å². The van der Waals surface area contributed by atoms with Crippen LogP contribution < -0.4 is 0 Å². The average Bonchev–Trinajstić information content (AvgIpc) is 2.18. The van der Waals surface area contributed by atoms with Crippen molar-refractivity contribution in [3.05, 3.63) is 35.0 Å². The summed E-state index contributed by atoms with van der Waals surface area (Å²) in [6.45, 7) is 1.93. The van der Waals surface area contributed by atoms with Gasteiger partial charge in [0.1, 0.15) is 16.7 Å². The molecule has 70 valence electrons. The minimum Gasteiger partial charge on any atom is -0.342 e. The molecule has 0 aliphatic rings. The molecular formula is C9H8N4S. The molecule has 0 amide bonds. The summed E-state index contributed by atoms with van der Waals surface area (Å²) in [5.41, 5.74) is 1.72. The Balaban J connectivity index is 2.58. The van der Waals surface area contributed by atoms with Crippen molar-refractivity contribution in [2.24, 2.45) is 0 Å². The maximum absolute atomic E-state index is 5.01. The number of nitrogens with zero attached hydrogens (tertiary/aromatic N) is 3. The lowest BCUT2D eigenvalue weighted by Gasteiger charge is -2.00. The summed E-state index contributed by atoms with van der Waals surface area (Å²) in [4.78, 5) is 15.2. The van der Waals surface area contributed by atoms with Crippen LogP contribution in [0.1, 0.15) is 5.69 Å². The molecule has 0 aliphatic carbocycles. The highest BCUT2D eigenvalue weighted by Gasteiger charge is 2.00. The minimum absolute atomic E-state index is 0.565. The van der Waals surface area contributed by atoms with E-state index in [9.17, 15) is 0 Å². The number of rotatable bonds is 1. The van der Waals surface area contributed by atoms with Gasteiger partial charge in [0.05, 0.1) is 0 Å². The summed E-state index contributed by atoms with van der Waals surface area (Å²) in [7, 11) is 0. The van der Waals surface area contributed by atoms with E-state index in [1.807, 2.05) is 6.92 Å². The highest BCUT2D eigenvalue weighted by molar-refractivity contribution is 7.71. The van der Waals surface area contributed by atoms with Gasteiger partial charge in [-0.05, 0) is 19.1 Å². The molecule has 2 aromatic heterocycles. The predicted octanol–water partition coefficient (Wildman–Crippen LogP) is 1.90. The molecule has 0 atom stereocenters. The summed E-state index contributed by atoms with van der Waals surface area (Å²) in [5, 5.41) is 0.